The van der Waals surface area contributed by atoms with Crippen LogP contribution in [0.5, 0.6) is 5.75 Å². The average Bonchev–Trinajstić information content (AvgIpc) is 2.14. The second-order valence-corrected chi connectivity index (χ2v) is 4.76. The molecule has 0 N–H and O–H groups in total. The van der Waals surface area contributed by atoms with Crippen LogP contribution in [0.1, 0.15) is 32.8 Å². The maximum atomic E-state index is 5.90. The summed E-state index contributed by atoms with van der Waals surface area (Å²) in [6.45, 7) is 6.02. The van der Waals surface area contributed by atoms with E-state index < -0.39 is 0 Å². The van der Waals surface area contributed by atoms with Crippen LogP contribution in [0.3, 0.4) is 0 Å². The summed E-state index contributed by atoms with van der Waals surface area (Å²) in [5, 5.41) is 0.208. The van der Waals surface area contributed by atoms with Gasteiger partial charge in [0.1, 0.15) is 5.75 Å². The van der Waals surface area contributed by atoms with Crippen molar-refractivity contribution in [2.75, 3.05) is 0 Å². The molecule has 0 saturated heterocycles. The SMILES string of the molecule is CC(Cl)CCc1cncc(OC(C)C)c1. The molecule has 1 atom stereocenters. The van der Waals surface area contributed by atoms with Crippen LogP contribution in [0.15, 0.2) is 18.5 Å². The van der Waals surface area contributed by atoms with Gasteiger partial charge in [-0.05, 0) is 45.2 Å². The fourth-order valence-corrected chi connectivity index (χ4v) is 1.41. The molecule has 0 saturated carbocycles. The van der Waals surface area contributed by atoms with E-state index in [-0.39, 0.29) is 11.5 Å². The molecule has 0 spiro atoms. The molecule has 3 heteroatoms. The van der Waals surface area contributed by atoms with Gasteiger partial charge in [0.15, 0.2) is 0 Å². The van der Waals surface area contributed by atoms with E-state index >= 15 is 0 Å². The first-order valence-electron chi connectivity index (χ1n) is 5.32. The molecule has 0 amide bonds. The molecule has 1 rings (SSSR count). The summed E-state index contributed by atoms with van der Waals surface area (Å²) in [5.74, 6) is 0.838. The first-order chi connectivity index (χ1) is 7.08. The molecular weight excluding hydrogens is 210 g/mol. The highest BCUT2D eigenvalue weighted by atomic mass is 35.5. The molecule has 2 nitrogen and oxygen atoms in total. The van der Waals surface area contributed by atoms with Crippen LogP contribution in [-0.2, 0) is 6.42 Å². The van der Waals surface area contributed by atoms with Crippen LogP contribution >= 0.6 is 11.6 Å². The van der Waals surface area contributed by atoms with Gasteiger partial charge in [-0.25, -0.2) is 0 Å². The van der Waals surface area contributed by atoms with Gasteiger partial charge in [-0.3, -0.25) is 4.98 Å². The van der Waals surface area contributed by atoms with Crippen molar-refractivity contribution in [1.29, 1.82) is 0 Å². The first kappa shape index (κ1) is 12.3. The van der Waals surface area contributed by atoms with Crippen molar-refractivity contribution in [3.8, 4) is 5.75 Å². The number of aryl methyl sites for hydroxylation is 1. The van der Waals surface area contributed by atoms with Gasteiger partial charge in [-0.2, -0.15) is 0 Å². The number of ether oxygens (including phenoxy) is 1. The van der Waals surface area contributed by atoms with Crippen molar-refractivity contribution >= 4 is 11.6 Å². The minimum atomic E-state index is 0.189. The van der Waals surface area contributed by atoms with E-state index in [0.29, 0.717) is 0 Å². The third kappa shape index (κ3) is 5.03. The molecule has 0 radical (unpaired) electrons. The summed E-state index contributed by atoms with van der Waals surface area (Å²) in [5.41, 5.74) is 1.18. The number of halogens is 1. The minimum Gasteiger partial charge on any atom is -0.489 e. The molecule has 0 aliphatic carbocycles. The topological polar surface area (TPSA) is 22.1 Å². The van der Waals surface area contributed by atoms with E-state index in [4.69, 9.17) is 16.3 Å². The summed E-state index contributed by atoms with van der Waals surface area (Å²) in [6.07, 6.45) is 5.72. The van der Waals surface area contributed by atoms with E-state index in [1.165, 1.54) is 5.56 Å². The Morgan fingerprint density at radius 1 is 1.33 bits per heavy atom. The molecular formula is C12H18ClNO. The number of nitrogens with zero attached hydrogens (tertiary/aromatic N) is 1. The summed E-state index contributed by atoms with van der Waals surface area (Å²) < 4.78 is 5.57. The van der Waals surface area contributed by atoms with E-state index in [9.17, 15) is 0 Å². The first-order valence-corrected chi connectivity index (χ1v) is 5.76. The molecule has 1 aromatic heterocycles. The standard InChI is InChI=1S/C12H18ClNO/c1-9(2)15-12-6-11(7-14-8-12)5-4-10(3)13/h6-10H,4-5H2,1-3H3. The highest BCUT2D eigenvalue weighted by molar-refractivity contribution is 6.20. The number of pyridine rings is 1. The zero-order valence-electron chi connectivity index (χ0n) is 9.53. The van der Waals surface area contributed by atoms with Crippen molar-refractivity contribution in [3.05, 3.63) is 24.0 Å². The number of alkyl halides is 1. The summed E-state index contributed by atoms with van der Waals surface area (Å²) in [7, 11) is 0. The van der Waals surface area contributed by atoms with Crippen LogP contribution in [0.2, 0.25) is 0 Å². The normalized spacial score (nSPS) is 12.9. The average molecular weight is 228 g/mol. The van der Waals surface area contributed by atoms with Gasteiger partial charge in [0.25, 0.3) is 0 Å². The zero-order chi connectivity index (χ0) is 11.3. The van der Waals surface area contributed by atoms with Crippen molar-refractivity contribution in [3.63, 3.8) is 0 Å². The summed E-state index contributed by atoms with van der Waals surface area (Å²) >= 11 is 5.90. The highest BCUT2D eigenvalue weighted by Crippen LogP contribution is 2.15. The molecule has 0 aliphatic heterocycles. The lowest BCUT2D eigenvalue weighted by molar-refractivity contribution is 0.241. The minimum absolute atomic E-state index is 0.189. The molecule has 84 valence electrons. The Bertz CT molecular complexity index is 299. The summed E-state index contributed by atoms with van der Waals surface area (Å²) in [6, 6.07) is 2.03. The van der Waals surface area contributed by atoms with Gasteiger partial charge < -0.3 is 4.74 Å². The predicted octanol–water partition coefficient (Wildman–Crippen LogP) is 3.43. The Balaban J connectivity index is 2.57. The second kappa shape index (κ2) is 5.96. The Morgan fingerprint density at radius 2 is 2.07 bits per heavy atom. The fraction of sp³-hybridized carbons (Fsp3) is 0.583. The van der Waals surface area contributed by atoms with E-state index in [1.807, 2.05) is 33.0 Å². The zero-order valence-corrected chi connectivity index (χ0v) is 10.3. The Kier molecular flexibility index (Phi) is 4.89. The number of hydrogen-bond acceptors (Lipinski definition) is 2. The van der Waals surface area contributed by atoms with Crippen LogP contribution in [0.4, 0.5) is 0 Å². The maximum absolute atomic E-state index is 5.90. The quantitative estimate of drug-likeness (QED) is 0.719. The second-order valence-electron chi connectivity index (χ2n) is 4.01. The lowest BCUT2D eigenvalue weighted by atomic mass is 10.1. The van der Waals surface area contributed by atoms with Crippen molar-refractivity contribution in [1.82, 2.24) is 4.98 Å². The van der Waals surface area contributed by atoms with E-state index in [1.54, 1.807) is 6.20 Å². The highest BCUT2D eigenvalue weighted by Gasteiger charge is 2.02. The molecule has 0 bridgehead atoms. The summed E-state index contributed by atoms with van der Waals surface area (Å²) in [4.78, 5) is 4.15. The van der Waals surface area contributed by atoms with Gasteiger partial charge in [0.05, 0.1) is 12.3 Å². The number of aromatic nitrogens is 1. The smallest absolute Gasteiger partial charge is 0.138 e. The Morgan fingerprint density at radius 3 is 2.67 bits per heavy atom. The molecule has 0 aromatic carbocycles. The lowest BCUT2D eigenvalue weighted by Crippen LogP contribution is -2.06. The fourth-order valence-electron chi connectivity index (χ4n) is 1.30. The predicted molar refractivity (Wildman–Crippen MR) is 63.6 cm³/mol. The third-order valence-corrected chi connectivity index (χ3v) is 2.19. The van der Waals surface area contributed by atoms with Crippen molar-refractivity contribution in [2.45, 2.75) is 45.1 Å². The molecule has 0 aliphatic rings. The Hall–Kier alpha value is -0.760. The third-order valence-electron chi connectivity index (χ3n) is 1.97. The molecule has 1 unspecified atom stereocenters. The Labute approximate surface area is 96.6 Å². The van der Waals surface area contributed by atoms with Crippen LogP contribution in [0, 0.1) is 0 Å². The van der Waals surface area contributed by atoms with Gasteiger partial charge in [-0.15, -0.1) is 11.6 Å². The van der Waals surface area contributed by atoms with Crippen molar-refractivity contribution < 1.29 is 4.74 Å². The molecule has 1 heterocycles. The maximum Gasteiger partial charge on any atom is 0.138 e. The van der Waals surface area contributed by atoms with Gasteiger partial charge in [-0.1, -0.05) is 0 Å². The number of rotatable bonds is 5. The molecule has 1 aromatic rings. The van der Waals surface area contributed by atoms with E-state index in [2.05, 4.69) is 4.98 Å². The molecule has 0 fully saturated rings. The lowest BCUT2D eigenvalue weighted by Gasteiger charge is -2.10. The van der Waals surface area contributed by atoms with Crippen molar-refractivity contribution in [2.24, 2.45) is 0 Å². The van der Waals surface area contributed by atoms with Gasteiger partial charge in [0.2, 0.25) is 0 Å². The molecule has 15 heavy (non-hydrogen) atoms. The van der Waals surface area contributed by atoms with Gasteiger partial charge >= 0.3 is 0 Å². The monoisotopic (exact) mass is 227 g/mol. The van der Waals surface area contributed by atoms with Crippen LogP contribution in [0.25, 0.3) is 0 Å². The largest absolute Gasteiger partial charge is 0.489 e. The number of hydrogen-bond donors (Lipinski definition) is 0. The van der Waals surface area contributed by atoms with Crippen LogP contribution < -0.4 is 4.74 Å². The van der Waals surface area contributed by atoms with Crippen LogP contribution in [-0.4, -0.2) is 16.5 Å². The van der Waals surface area contributed by atoms with E-state index in [0.717, 1.165) is 18.6 Å². The van der Waals surface area contributed by atoms with Gasteiger partial charge in [0, 0.05) is 11.6 Å².